The first-order valence-corrected chi connectivity index (χ1v) is 8.18. The number of carboxylic acid groups (broad SMARTS) is 1. The van der Waals surface area contributed by atoms with Crippen molar-refractivity contribution in [1.29, 1.82) is 0 Å². The van der Waals surface area contributed by atoms with Crippen LogP contribution in [0.15, 0.2) is 5.38 Å². The number of hydrogen-bond donors (Lipinski definition) is 2. The van der Waals surface area contributed by atoms with Gasteiger partial charge in [0.15, 0.2) is 5.69 Å². The summed E-state index contributed by atoms with van der Waals surface area (Å²) in [5.74, 6) is -0.355. The maximum atomic E-state index is 12.1. The predicted octanol–water partition coefficient (Wildman–Crippen LogP) is 2.22. The van der Waals surface area contributed by atoms with Crippen LogP contribution < -0.4 is 5.32 Å². The van der Waals surface area contributed by atoms with E-state index in [0.29, 0.717) is 25.4 Å². The first-order valence-electron chi connectivity index (χ1n) is 7.30. The zero-order chi connectivity index (χ0) is 15.2. The van der Waals surface area contributed by atoms with E-state index in [2.05, 4.69) is 10.3 Å². The van der Waals surface area contributed by atoms with E-state index in [9.17, 15) is 9.59 Å². The molecule has 7 heteroatoms. The fraction of sp³-hybridized carbons (Fsp3) is 0.643. The molecule has 1 aliphatic rings. The van der Waals surface area contributed by atoms with Gasteiger partial charge in [0.05, 0.1) is 5.01 Å². The van der Waals surface area contributed by atoms with Crippen LogP contribution in [0, 0.1) is 5.92 Å². The monoisotopic (exact) mass is 311 g/mol. The summed E-state index contributed by atoms with van der Waals surface area (Å²) in [6, 6.07) is -0.0422. The van der Waals surface area contributed by atoms with Crippen LogP contribution >= 0.6 is 11.3 Å². The highest BCUT2D eigenvalue weighted by Gasteiger charge is 2.22. The van der Waals surface area contributed by atoms with Crippen molar-refractivity contribution < 1.29 is 14.7 Å². The van der Waals surface area contributed by atoms with Crippen LogP contribution in [-0.2, 0) is 6.42 Å². The molecule has 2 amide bonds. The van der Waals surface area contributed by atoms with Crippen molar-refractivity contribution in [1.82, 2.24) is 15.2 Å². The molecule has 0 spiro atoms. The van der Waals surface area contributed by atoms with E-state index in [0.717, 1.165) is 11.6 Å². The number of carbonyl (C=O) groups is 2. The second kappa shape index (κ2) is 7.40. The summed E-state index contributed by atoms with van der Waals surface area (Å²) >= 11 is 1.31. The van der Waals surface area contributed by atoms with Gasteiger partial charge in [-0.15, -0.1) is 11.3 Å². The molecule has 0 aliphatic heterocycles. The quantitative estimate of drug-likeness (QED) is 0.809. The van der Waals surface area contributed by atoms with Crippen LogP contribution in [-0.4, -0.2) is 46.6 Å². The summed E-state index contributed by atoms with van der Waals surface area (Å²) in [7, 11) is 0. The lowest BCUT2D eigenvalue weighted by atomic mass is 9.85. The summed E-state index contributed by atoms with van der Waals surface area (Å²) in [5, 5.41) is 13.9. The number of hydrogen-bond acceptors (Lipinski definition) is 4. The smallest absolute Gasteiger partial charge is 0.355 e. The maximum absolute atomic E-state index is 12.1. The van der Waals surface area contributed by atoms with Gasteiger partial charge in [-0.05, 0) is 25.7 Å². The largest absolute Gasteiger partial charge is 0.476 e. The van der Waals surface area contributed by atoms with Gasteiger partial charge in [0.1, 0.15) is 0 Å². The minimum Gasteiger partial charge on any atom is -0.476 e. The highest BCUT2D eigenvalue weighted by atomic mass is 32.1. The zero-order valence-electron chi connectivity index (χ0n) is 12.2. The third-order valence-electron chi connectivity index (χ3n) is 3.76. The Labute approximate surface area is 128 Å². The summed E-state index contributed by atoms with van der Waals surface area (Å²) in [4.78, 5) is 28.6. The Hall–Kier alpha value is -1.63. The molecule has 116 valence electrons. The predicted molar refractivity (Wildman–Crippen MR) is 80.8 cm³/mol. The van der Waals surface area contributed by atoms with Gasteiger partial charge in [0.25, 0.3) is 0 Å². The van der Waals surface area contributed by atoms with Gasteiger partial charge < -0.3 is 15.3 Å². The van der Waals surface area contributed by atoms with Gasteiger partial charge in [-0.3, -0.25) is 0 Å². The van der Waals surface area contributed by atoms with Gasteiger partial charge in [0, 0.05) is 31.4 Å². The molecule has 0 bridgehead atoms. The van der Waals surface area contributed by atoms with Gasteiger partial charge in [0.2, 0.25) is 0 Å². The lowest BCUT2D eigenvalue weighted by Gasteiger charge is -2.31. The third-order valence-corrected chi connectivity index (χ3v) is 4.67. The molecule has 1 aromatic heterocycles. The number of thiazole rings is 1. The molecule has 1 fully saturated rings. The van der Waals surface area contributed by atoms with Gasteiger partial charge in [-0.2, -0.15) is 0 Å². The summed E-state index contributed by atoms with van der Waals surface area (Å²) in [6.45, 7) is 4.01. The topological polar surface area (TPSA) is 82.5 Å². The molecule has 6 nitrogen and oxygen atoms in total. The number of carbonyl (C=O) groups excluding carboxylic acids is 1. The lowest BCUT2D eigenvalue weighted by Crippen LogP contribution is -2.44. The second-order valence-electron chi connectivity index (χ2n) is 5.25. The average Bonchev–Trinajstić information content (AvgIpc) is 2.86. The van der Waals surface area contributed by atoms with Crippen molar-refractivity contribution in [3.05, 3.63) is 16.1 Å². The number of aromatic nitrogens is 1. The van der Waals surface area contributed by atoms with Crippen molar-refractivity contribution in [3.63, 3.8) is 0 Å². The second-order valence-corrected chi connectivity index (χ2v) is 6.19. The highest BCUT2D eigenvalue weighted by molar-refractivity contribution is 7.09. The molecular formula is C14H21N3O3S. The van der Waals surface area contributed by atoms with E-state index in [1.165, 1.54) is 36.0 Å². The molecule has 0 radical (unpaired) electrons. The van der Waals surface area contributed by atoms with E-state index in [4.69, 9.17) is 5.11 Å². The van der Waals surface area contributed by atoms with Crippen molar-refractivity contribution in [2.45, 2.75) is 32.6 Å². The molecular weight excluding hydrogens is 290 g/mol. The molecule has 0 saturated heterocycles. The third kappa shape index (κ3) is 4.42. The number of urea groups is 1. The first-order chi connectivity index (χ1) is 10.1. The average molecular weight is 311 g/mol. The molecule has 1 aromatic rings. The van der Waals surface area contributed by atoms with Gasteiger partial charge >= 0.3 is 12.0 Å². The molecule has 0 unspecified atom stereocenters. The number of nitrogens with zero attached hydrogens (tertiary/aromatic N) is 2. The minimum atomic E-state index is -1.01. The fourth-order valence-corrected chi connectivity index (χ4v) is 3.03. The Morgan fingerprint density at radius 3 is 2.81 bits per heavy atom. The van der Waals surface area contributed by atoms with Crippen LogP contribution in [0.4, 0.5) is 4.79 Å². The number of aromatic carboxylic acids is 1. The Morgan fingerprint density at radius 2 is 2.29 bits per heavy atom. The van der Waals surface area contributed by atoms with Crippen LogP contribution in [0.1, 0.15) is 41.7 Å². The van der Waals surface area contributed by atoms with Crippen LogP contribution in [0.2, 0.25) is 0 Å². The maximum Gasteiger partial charge on any atom is 0.355 e. The first kappa shape index (κ1) is 15.8. The summed E-state index contributed by atoms with van der Waals surface area (Å²) in [5.41, 5.74) is 0.0708. The van der Waals surface area contributed by atoms with Crippen molar-refractivity contribution >= 4 is 23.3 Å². The standard InChI is InChI=1S/C14H21N3O3S/c1-2-17(8-10-4-3-5-10)14(20)15-7-6-12-16-11(9-21-12)13(18)19/h9-10H,2-8H2,1H3,(H,15,20)(H,18,19). The fourth-order valence-electron chi connectivity index (χ4n) is 2.25. The number of rotatable bonds is 7. The summed E-state index contributed by atoms with van der Waals surface area (Å²) in [6.07, 6.45) is 4.28. The number of amides is 2. The molecule has 0 aromatic carbocycles. The Balaban J connectivity index is 1.72. The lowest BCUT2D eigenvalue weighted by molar-refractivity contribution is 0.0691. The van der Waals surface area contributed by atoms with E-state index in [-0.39, 0.29) is 11.7 Å². The zero-order valence-corrected chi connectivity index (χ0v) is 13.0. The van der Waals surface area contributed by atoms with Gasteiger partial charge in [-0.25, -0.2) is 14.6 Å². The van der Waals surface area contributed by atoms with E-state index >= 15 is 0 Å². The van der Waals surface area contributed by atoms with E-state index in [1.807, 2.05) is 11.8 Å². The van der Waals surface area contributed by atoms with Crippen molar-refractivity contribution in [2.24, 2.45) is 5.92 Å². The normalized spacial score (nSPS) is 14.5. The van der Waals surface area contributed by atoms with Crippen LogP contribution in [0.3, 0.4) is 0 Å². The number of carboxylic acids is 1. The molecule has 2 rings (SSSR count). The Morgan fingerprint density at radius 1 is 1.52 bits per heavy atom. The molecule has 1 heterocycles. The van der Waals surface area contributed by atoms with Gasteiger partial charge in [-0.1, -0.05) is 6.42 Å². The van der Waals surface area contributed by atoms with E-state index in [1.54, 1.807) is 0 Å². The van der Waals surface area contributed by atoms with Crippen molar-refractivity contribution in [2.75, 3.05) is 19.6 Å². The minimum absolute atomic E-state index is 0.0422. The number of nitrogens with one attached hydrogen (secondary N) is 1. The van der Waals surface area contributed by atoms with Crippen molar-refractivity contribution in [3.8, 4) is 0 Å². The molecule has 2 N–H and O–H groups in total. The highest BCUT2D eigenvalue weighted by Crippen LogP contribution is 2.26. The molecule has 1 saturated carbocycles. The Kier molecular flexibility index (Phi) is 5.55. The molecule has 21 heavy (non-hydrogen) atoms. The molecule has 1 aliphatic carbocycles. The van der Waals surface area contributed by atoms with Crippen LogP contribution in [0.25, 0.3) is 0 Å². The van der Waals surface area contributed by atoms with E-state index < -0.39 is 5.97 Å². The summed E-state index contributed by atoms with van der Waals surface area (Å²) < 4.78 is 0. The van der Waals surface area contributed by atoms with Crippen LogP contribution in [0.5, 0.6) is 0 Å². The SMILES string of the molecule is CCN(CC1CCC1)C(=O)NCCc1nc(C(=O)O)cs1. The molecule has 0 atom stereocenters. The Bertz CT molecular complexity index is 499.